The van der Waals surface area contributed by atoms with Gasteiger partial charge in [-0.3, -0.25) is 4.79 Å². The summed E-state index contributed by atoms with van der Waals surface area (Å²) in [7, 11) is 4.04. The lowest BCUT2D eigenvalue weighted by Gasteiger charge is -2.14. The fourth-order valence-corrected chi connectivity index (χ4v) is 4.30. The summed E-state index contributed by atoms with van der Waals surface area (Å²) >= 11 is 1.56. The summed E-state index contributed by atoms with van der Waals surface area (Å²) in [6.45, 7) is 2.78. The summed E-state index contributed by atoms with van der Waals surface area (Å²) in [4.78, 5) is 25.1. The number of nitrogens with zero attached hydrogens (tertiary/aromatic N) is 4. The van der Waals surface area contributed by atoms with E-state index in [-0.39, 0.29) is 5.91 Å². The number of benzene rings is 3. The van der Waals surface area contributed by atoms with Crippen LogP contribution < -0.4 is 10.6 Å². The fraction of sp³-hybridized carbons (Fsp3) is 0.172. The number of carbonyl (C=O) groups is 1. The van der Waals surface area contributed by atoms with E-state index >= 15 is 0 Å². The first-order valence-corrected chi connectivity index (χ1v) is 12.9. The molecule has 0 saturated carbocycles. The van der Waals surface area contributed by atoms with Crippen LogP contribution in [0.4, 0.5) is 17.3 Å². The molecule has 0 unspecified atom stereocenters. The van der Waals surface area contributed by atoms with Crippen molar-refractivity contribution in [3.05, 3.63) is 95.2 Å². The zero-order valence-electron chi connectivity index (χ0n) is 21.2. The second-order valence-corrected chi connectivity index (χ2v) is 9.69. The molecule has 0 bridgehead atoms. The Bertz CT molecular complexity index is 1440. The van der Waals surface area contributed by atoms with Crippen molar-refractivity contribution in [3.63, 3.8) is 0 Å². The summed E-state index contributed by atoms with van der Waals surface area (Å²) in [6, 6.07) is 22.8. The van der Waals surface area contributed by atoms with Crippen LogP contribution in [0.25, 0.3) is 11.3 Å². The van der Waals surface area contributed by atoms with Crippen molar-refractivity contribution in [1.29, 1.82) is 5.26 Å². The number of aromatic nitrogens is 2. The van der Waals surface area contributed by atoms with Gasteiger partial charge in [0.1, 0.15) is 0 Å². The average molecular weight is 509 g/mol. The maximum absolute atomic E-state index is 12.9. The third-order valence-corrected chi connectivity index (χ3v) is 6.45. The highest BCUT2D eigenvalue weighted by Gasteiger charge is 2.12. The first-order chi connectivity index (χ1) is 17.9. The molecule has 0 spiro atoms. The third kappa shape index (κ3) is 6.53. The molecule has 1 amide bonds. The maximum Gasteiger partial charge on any atom is 0.255 e. The highest BCUT2D eigenvalue weighted by Crippen LogP contribution is 2.29. The predicted octanol–water partition coefficient (Wildman–Crippen LogP) is 6.10. The minimum absolute atomic E-state index is 0.166. The molecular formula is C29H28N6OS. The van der Waals surface area contributed by atoms with E-state index in [2.05, 4.69) is 32.7 Å². The molecule has 8 heteroatoms. The van der Waals surface area contributed by atoms with Gasteiger partial charge in [-0.05, 0) is 80.9 Å². The van der Waals surface area contributed by atoms with Crippen LogP contribution in [-0.2, 0) is 6.54 Å². The normalized spacial score (nSPS) is 10.7. The van der Waals surface area contributed by atoms with Gasteiger partial charge < -0.3 is 15.5 Å². The van der Waals surface area contributed by atoms with Gasteiger partial charge in [0, 0.05) is 35.2 Å². The molecule has 2 N–H and O–H groups in total. The van der Waals surface area contributed by atoms with Gasteiger partial charge in [-0.2, -0.15) is 5.26 Å². The minimum Gasteiger partial charge on any atom is -0.324 e. The van der Waals surface area contributed by atoms with Gasteiger partial charge in [0.2, 0.25) is 5.95 Å². The Morgan fingerprint density at radius 2 is 1.78 bits per heavy atom. The topological polar surface area (TPSA) is 93.9 Å². The van der Waals surface area contributed by atoms with Crippen LogP contribution in [-0.4, -0.2) is 41.1 Å². The number of nitrogens with one attached hydrogen (secondary N) is 2. The number of thioether (sulfide) groups is 1. The number of hydrogen-bond donors (Lipinski definition) is 2. The third-order valence-electron chi connectivity index (χ3n) is 5.71. The van der Waals surface area contributed by atoms with E-state index in [4.69, 9.17) is 10.2 Å². The van der Waals surface area contributed by atoms with Gasteiger partial charge in [0.25, 0.3) is 5.91 Å². The van der Waals surface area contributed by atoms with E-state index in [0.717, 1.165) is 45.2 Å². The molecule has 0 aliphatic rings. The molecule has 0 aliphatic carbocycles. The van der Waals surface area contributed by atoms with Crippen LogP contribution in [0.1, 0.15) is 27.0 Å². The highest BCUT2D eigenvalue weighted by atomic mass is 32.2. The molecule has 4 aromatic rings. The summed E-state index contributed by atoms with van der Waals surface area (Å²) in [6.07, 6.45) is 3.75. The fourth-order valence-electron chi connectivity index (χ4n) is 3.79. The number of nitriles is 1. The van der Waals surface area contributed by atoms with Gasteiger partial charge in [-0.15, -0.1) is 11.8 Å². The van der Waals surface area contributed by atoms with Crippen molar-refractivity contribution in [2.45, 2.75) is 18.4 Å². The molecule has 0 fully saturated rings. The standard InChI is InChI=1S/C29H28N6OS/c1-19-5-6-21(18-35(2)3)15-25(19)33-28(36)23-11-13-24(14-12-23)32-29-31-17-26(37-4)27(34-29)22-9-7-20(16-30)8-10-22/h5-15,17H,18H2,1-4H3,(H,33,36)(H,31,32,34). The minimum atomic E-state index is -0.166. The van der Waals surface area contributed by atoms with Gasteiger partial charge >= 0.3 is 0 Å². The molecule has 1 aromatic heterocycles. The molecule has 0 radical (unpaired) electrons. The van der Waals surface area contributed by atoms with Crippen molar-refractivity contribution in [3.8, 4) is 17.3 Å². The van der Waals surface area contributed by atoms with Crippen LogP contribution >= 0.6 is 11.8 Å². The van der Waals surface area contributed by atoms with Crippen LogP contribution in [0.3, 0.4) is 0 Å². The molecule has 4 rings (SSSR count). The molecular weight excluding hydrogens is 480 g/mol. The van der Waals surface area contributed by atoms with E-state index in [0.29, 0.717) is 17.1 Å². The average Bonchev–Trinajstić information content (AvgIpc) is 2.90. The van der Waals surface area contributed by atoms with Crippen LogP contribution in [0.2, 0.25) is 0 Å². The van der Waals surface area contributed by atoms with Crippen LogP contribution in [0, 0.1) is 18.3 Å². The number of anilines is 3. The lowest BCUT2D eigenvalue weighted by molar-refractivity contribution is 0.102. The Morgan fingerprint density at radius 3 is 2.43 bits per heavy atom. The quantitative estimate of drug-likeness (QED) is 0.278. The number of amides is 1. The molecule has 7 nitrogen and oxygen atoms in total. The molecule has 0 aliphatic heterocycles. The SMILES string of the molecule is CSc1cnc(Nc2ccc(C(=O)Nc3cc(CN(C)C)ccc3C)cc2)nc1-c1ccc(C#N)cc1. The highest BCUT2D eigenvalue weighted by molar-refractivity contribution is 7.98. The first kappa shape index (κ1) is 25.9. The number of hydrogen-bond acceptors (Lipinski definition) is 7. The molecule has 186 valence electrons. The second kappa shape index (κ2) is 11.7. The molecule has 1 heterocycles. The lowest BCUT2D eigenvalue weighted by Crippen LogP contribution is -2.14. The van der Waals surface area contributed by atoms with Crippen LogP contribution in [0.15, 0.2) is 77.8 Å². The van der Waals surface area contributed by atoms with E-state index in [1.165, 1.54) is 0 Å². The van der Waals surface area contributed by atoms with Crippen molar-refractivity contribution in [1.82, 2.24) is 14.9 Å². The van der Waals surface area contributed by atoms with E-state index in [1.807, 2.05) is 63.7 Å². The van der Waals surface area contributed by atoms with Crippen molar-refractivity contribution in [2.24, 2.45) is 0 Å². The first-order valence-electron chi connectivity index (χ1n) is 11.7. The van der Waals surface area contributed by atoms with Crippen molar-refractivity contribution in [2.75, 3.05) is 31.0 Å². The Balaban J connectivity index is 1.48. The summed E-state index contributed by atoms with van der Waals surface area (Å²) in [5, 5.41) is 15.3. The number of carbonyl (C=O) groups excluding carboxylic acids is 1. The maximum atomic E-state index is 12.9. The number of aryl methyl sites for hydroxylation is 1. The molecule has 37 heavy (non-hydrogen) atoms. The van der Waals surface area contributed by atoms with E-state index in [1.54, 1.807) is 42.2 Å². The Hall–Kier alpha value is -4.19. The van der Waals surface area contributed by atoms with Gasteiger partial charge in [-0.25, -0.2) is 9.97 Å². The monoisotopic (exact) mass is 508 g/mol. The van der Waals surface area contributed by atoms with E-state index < -0.39 is 0 Å². The zero-order chi connectivity index (χ0) is 26.4. The number of rotatable bonds is 8. The smallest absolute Gasteiger partial charge is 0.255 e. The Kier molecular flexibility index (Phi) is 8.18. The molecule has 0 saturated heterocycles. The summed E-state index contributed by atoms with van der Waals surface area (Å²) in [5.41, 5.74) is 6.58. The van der Waals surface area contributed by atoms with Crippen molar-refractivity contribution < 1.29 is 4.79 Å². The Labute approximate surface area is 221 Å². The largest absolute Gasteiger partial charge is 0.324 e. The second-order valence-electron chi connectivity index (χ2n) is 8.84. The zero-order valence-corrected chi connectivity index (χ0v) is 22.1. The van der Waals surface area contributed by atoms with Gasteiger partial charge in [-0.1, -0.05) is 24.3 Å². The summed E-state index contributed by atoms with van der Waals surface area (Å²) in [5.74, 6) is 0.281. The van der Waals surface area contributed by atoms with Crippen LogP contribution in [0.5, 0.6) is 0 Å². The summed E-state index contributed by atoms with van der Waals surface area (Å²) < 4.78 is 0. The molecule has 3 aromatic carbocycles. The van der Waals surface area contributed by atoms with Gasteiger partial charge in [0.15, 0.2) is 0 Å². The van der Waals surface area contributed by atoms with Crippen molar-refractivity contribution >= 4 is 35.0 Å². The Morgan fingerprint density at radius 1 is 1.05 bits per heavy atom. The molecule has 0 atom stereocenters. The predicted molar refractivity (Wildman–Crippen MR) is 150 cm³/mol. The lowest BCUT2D eigenvalue weighted by atomic mass is 10.1. The van der Waals surface area contributed by atoms with Gasteiger partial charge in [0.05, 0.1) is 22.2 Å². The van der Waals surface area contributed by atoms with E-state index in [9.17, 15) is 4.79 Å².